The van der Waals surface area contributed by atoms with Gasteiger partial charge in [0.25, 0.3) is 0 Å². The van der Waals surface area contributed by atoms with E-state index in [4.69, 9.17) is 4.74 Å². The predicted molar refractivity (Wildman–Crippen MR) is 114 cm³/mol. The van der Waals surface area contributed by atoms with Crippen molar-refractivity contribution in [3.8, 4) is 5.75 Å². The van der Waals surface area contributed by atoms with Crippen LogP contribution in [0.5, 0.6) is 5.75 Å². The van der Waals surface area contributed by atoms with Crippen molar-refractivity contribution in [2.24, 2.45) is 4.99 Å². The first kappa shape index (κ1) is 24.4. The SMILES string of the molecule is CN=C(NCCCC(=O)OC1CCCC1)NCc1ccccc1OC(F)F.I. The zero-order chi connectivity index (χ0) is 19.5. The first-order valence-electron chi connectivity index (χ1n) is 9.25. The molecule has 2 rings (SSSR count). The van der Waals surface area contributed by atoms with Crippen LogP contribution in [0.25, 0.3) is 0 Å². The molecule has 0 bridgehead atoms. The fourth-order valence-corrected chi connectivity index (χ4v) is 2.95. The lowest BCUT2D eigenvalue weighted by molar-refractivity contribution is -0.148. The number of rotatable bonds is 9. The minimum atomic E-state index is -2.87. The van der Waals surface area contributed by atoms with Crippen LogP contribution in [0.3, 0.4) is 0 Å². The molecule has 0 saturated heterocycles. The van der Waals surface area contributed by atoms with Crippen LogP contribution in [0.2, 0.25) is 0 Å². The Kier molecular flexibility index (Phi) is 11.8. The van der Waals surface area contributed by atoms with Crippen LogP contribution in [0.15, 0.2) is 29.3 Å². The topological polar surface area (TPSA) is 72.0 Å². The minimum absolute atomic E-state index is 0. The lowest BCUT2D eigenvalue weighted by atomic mass is 10.2. The van der Waals surface area contributed by atoms with Gasteiger partial charge in [-0.25, -0.2) is 0 Å². The third-order valence-corrected chi connectivity index (χ3v) is 4.31. The lowest BCUT2D eigenvalue weighted by Gasteiger charge is -2.15. The number of alkyl halides is 2. The van der Waals surface area contributed by atoms with Crippen molar-refractivity contribution in [1.82, 2.24) is 10.6 Å². The Hall–Kier alpha value is -1.65. The second-order valence-corrected chi connectivity index (χ2v) is 6.34. The number of hydrogen-bond acceptors (Lipinski definition) is 4. The van der Waals surface area contributed by atoms with E-state index in [-0.39, 0.29) is 48.3 Å². The first-order valence-corrected chi connectivity index (χ1v) is 9.25. The van der Waals surface area contributed by atoms with Gasteiger partial charge in [0.15, 0.2) is 5.96 Å². The van der Waals surface area contributed by atoms with Gasteiger partial charge in [-0.1, -0.05) is 18.2 Å². The van der Waals surface area contributed by atoms with Gasteiger partial charge in [0.2, 0.25) is 0 Å². The molecule has 0 aromatic heterocycles. The first-order chi connectivity index (χ1) is 13.1. The lowest BCUT2D eigenvalue weighted by Crippen LogP contribution is -2.37. The van der Waals surface area contributed by atoms with Gasteiger partial charge in [0.05, 0.1) is 0 Å². The molecule has 1 aliphatic carbocycles. The van der Waals surface area contributed by atoms with Crippen LogP contribution in [0.4, 0.5) is 8.78 Å². The second kappa shape index (κ2) is 13.5. The van der Waals surface area contributed by atoms with E-state index < -0.39 is 6.61 Å². The van der Waals surface area contributed by atoms with E-state index in [1.54, 1.807) is 25.2 Å². The summed E-state index contributed by atoms with van der Waals surface area (Å²) in [6.07, 6.45) is 5.27. The molecule has 9 heteroatoms. The summed E-state index contributed by atoms with van der Waals surface area (Å²) in [5.74, 6) is 0.487. The summed E-state index contributed by atoms with van der Waals surface area (Å²) in [6, 6.07) is 6.59. The van der Waals surface area contributed by atoms with Crippen molar-refractivity contribution in [2.45, 2.75) is 57.8 Å². The standard InChI is InChI=1S/C19H27F2N3O3.HI/c1-22-19(23-12-6-11-17(25)26-15-8-3-4-9-15)24-13-14-7-2-5-10-16(14)27-18(20)21;/h2,5,7,10,15,18H,3-4,6,8-9,11-13H2,1H3,(H2,22,23,24);1H. The van der Waals surface area contributed by atoms with E-state index in [0.29, 0.717) is 30.9 Å². The van der Waals surface area contributed by atoms with Gasteiger partial charge in [0.1, 0.15) is 11.9 Å². The zero-order valence-electron chi connectivity index (χ0n) is 16.0. The Balaban J connectivity index is 0.00000392. The maximum atomic E-state index is 12.4. The van der Waals surface area contributed by atoms with Crippen LogP contribution in [0.1, 0.15) is 44.1 Å². The summed E-state index contributed by atoms with van der Waals surface area (Å²) in [5, 5.41) is 6.14. The number of benzene rings is 1. The van der Waals surface area contributed by atoms with Crippen LogP contribution in [0, 0.1) is 0 Å². The highest BCUT2D eigenvalue weighted by Gasteiger charge is 2.18. The number of ether oxygens (including phenoxy) is 2. The maximum Gasteiger partial charge on any atom is 0.387 e. The molecule has 158 valence electrons. The Bertz CT molecular complexity index is 626. The van der Waals surface area contributed by atoms with E-state index in [1.807, 2.05) is 0 Å². The minimum Gasteiger partial charge on any atom is -0.462 e. The number of nitrogens with zero attached hydrogens (tertiary/aromatic N) is 1. The molecule has 0 heterocycles. The molecule has 0 amide bonds. The largest absolute Gasteiger partial charge is 0.462 e. The predicted octanol–water partition coefficient (Wildman–Crippen LogP) is 3.84. The van der Waals surface area contributed by atoms with Crippen molar-refractivity contribution >= 4 is 35.9 Å². The zero-order valence-corrected chi connectivity index (χ0v) is 18.3. The van der Waals surface area contributed by atoms with E-state index >= 15 is 0 Å². The normalized spacial score (nSPS) is 14.5. The monoisotopic (exact) mass is 511 g/mol. The van der Waals surface area contributed by atoms with Crippen molar-refractivity contribution in [3.63, 3.8) is 0 Å². The average molecular weight is 511 g/mol. The van der Waals surface area contributed by atoms with E-state index in [2.05, 4.69) is 20.4 Å². The van der Waals surface area contributed by atoms with E-state index in [9.17, 15) is 13.6 Å². The molecular formula is C19H28F2IN3O3. The number of halogens is 3. The number of guanidine groups is 1. The number of para-hydroxylation sites is 1. The van der Waals surface area contributed by atoms with E-state index in [0.717, 1.165) is 25.7 Å². The molecule has 1 saturated carbocycles. The fourth-order valence-electron chi connectivity index (χ4n) is 2.95. The molecule has 0 unspecified atom stereocenters. The molecule has 28 heavy (non-hydrogen) atoms. The van der Waals surface area contributed by atoms with Crippen LogP contribution < -0.4 is 15.4 Å². The van der Waals surface area contributed by atoms with Gasteiger partial charge in [-0.05, 0) is 38.2 Å². The Labute approximate surface area is 181 Å². The number of carbonyl (C=O) groups excluding carboxylic acids is 1. The molecule has 2 N–H and O–H groups in total. The summed E-state index contributed by atoms with van der Waals surface area (Å²) in [6.45, 7) is -2.03. The van der Waals surface area contributed by atoms with Gasteiger partial charge in [0, 0.05) is 32.1 Å². The molecule has 1 aliphatic rings. The molecule has 0 aliphatic heterocycles. The molecular weight excluding hydrogens is 483 g/mol. The summed E-state index contributed by atoms with van der Waals surface area (Å²) in [4.78, 5) is 15.9. The quantitative estimate of drug-likeness (QED) is 0.173. The second-order valence-electron chi connectivity index (χ2n) is 6.34. The Morgan fingerprint density at radius 2 is 1.96 bits per heavy atom. The molecule has 1 fully saturated rings. The van der Waals surface area contributed by atoms with Gasteiger partial charge in [-0.15, -0.1) is 24.0 Å². The number of aliphatic imine (C=N–C) groups is 1. The van der Waals surface area contributed by atoms with Crippen LogP contribution in [-0.2, 0) is 16.1 Å². The van der Waals surface area contributed by atoms with Crippen molar-refractivity contribution in [1.29, 1.82) is 0 Å². The summed E-state index contributed by atoms with van der Waals surface area (Å²) >= 11 is 0. The Morgan fingerprint density at radius 3 is 2.64 bits per heavy atom. The molecule has 1 aromatic rings. The van der Waals surface area contributed by atoms with Gasteiger partial charge in [-0.3, -0.25) is 9.79 Å². The molecule has 0 spiro atoms. The highest BCUT2D eigenvalue weighted by molar-refractivity contribution is 14.0. The highest BCUT2D eigenvalue weighted by atomic mass is 127. The highest BCUT2D eigenvalue weighted by Crippen LogP contribution is 2.21. The van der Waals surface area contributed by atoms with Crippen LogP contribution >= 0.6 is 24.0 Å². The molecule has 0 atom stereocenters. The Morgan fingerprint density at radius 1 is 1.25 bits per heavy atom. The summed E-state index contributed by atoms with van der Waals surface area (Å²) in [5.41, 5.74) is 0.598. The van der Waals surface area contributed by atoms with Crippen molar-refractivity contribution < 1.29 is 23.0 Å². The number of hydrogen-bond donors (Lipinski definition) is 2. The van der Waals surface area contributed by atoms with Gasteiger partial charge in [-0.2, -0.15) is 8.78 Å². The third kappa shape index (κ3) is 9.03. The molecule has 6 nitrogen and oxygen atoms in total. The average Bonchev–Trinajstić information content (AvgIpc) is 3.14. The number of nitrogens with one attached hydrogen (secondary N) is 2. The van der Waals surface area contributed by atoms with Crippen molar-refractivity contribution in [3.05, 3.63) is 29.8 Å². The summed E-state index contributed by atoms with van der Waals surface area (Å²) in [7, 11) is 1.62. The molecule has 1 aromatic carbocycles. The van der Waals surface area contributed by atoms with Gasteiger partial charge < -0.3 is 20.1 Å². The van der Waals surface area contributed by atoms with Crippen molar-refractivity contribution in [2.75, 3.05) is 13.6 Å². The summed E-state index contributed by atoms with van der Waals surface area (Å²) < 4.78 is 34.8. The van der Waals surface area contributed by atoms with E-state index in [1.165, 1.54) is 6.07 Å². The maximum absolute atomic E-state index is 12.4. The molecule has 0 radical (unpaired) electrons. The van der Waals surface area contributed by atoms with Crippen LogP contribution in [-0.4, -0.2) is 38.2 Å². The third-order valence-electron chi connectivity index (χ3n) is 4.31. The fraction of sp³-hybridized carbons (Fsp3) is 0.579. The smallest absolute Gasteiger partial charge is 0.387 e. The van der Waals surface area contributed by atoms with Gasteiger partial charge >= 0.3 is 12.6 Å². The number of esters is 1. The number of carbonyl (C=O) groups is 1.